The molecule has 0 atom stereocenters. The van der Waals surface area contributed by atoms with Crippen molar-refractivity contribution in [2.24, 2.45) is 0 Å². The number of anilines is 1. The van der Waals surface area contributed by atoms with E-state index in [9.17, 15) is 0 Å². The van der Waals surface area contributed by atoms with E-state index in [4.69, 9.17) is 15.9 Å². The van der Waals surface area contributed by atoms with Gasteiger partial charge in [-0.1, -0.05) is 0 Å². The molecule has 0 spiro atoms. The fraction of sp³-hybridized carbons (Fsp3) is 0.400. The van der Waals surface area contributed by atoms with E-state index in [1.807, 2.05) is 33.9 Å². The number of nitrogens with two attached hydrogens (primary N) is 1. The molecule has 0 saturated carbocycles. The Bertz CT molecular complexity index is 456. The Kier molecular flexibility index (Phi) is 3.02. The second-order valence-corrected chi connectivity index (χ2v) is 3.53. The normalized spacial score (nSPS) is 11.1. The van der Waals surface area contributed by atoms with Crippen molar-refractivity contribution in [1.82, 2.24) is 9.31 Å². The third-order valence-corrected chi connectivity index (χ3v) is 2.50. The fourth-order valence-electron chi connectivity index (χ4n) is 1.80. The van der Waals surface area contributed by atoms with Gasteiger partial charge in [0.25, 0.3) is 0 Å². The largest absolute Gasteiger partial charge is 0.394 e. The van der Waals surface area contributed by atoms with Crippen LogP contribution in [0.15, 0.2) is 24.4 Å². The summed E-state index contributed by atoms with van der Waals surface area (Å²) >= 11 is 0. The second-order valence-electron chi connectivity index (χ2n) is 3.53. The molecular formula is C10H16N4O2. The van der Waals surface area contributed by atoms with Crippen molar-refractivity contribution in [3.8, 4) is 0 Å². The van der Waals surface area contributed by atoms with Crippen molar-refractivity contribution in [1.29, 1.82) is 0 Å². The summed E-state index contributed by atoms with van der Waals surface area (Å²) in [5.41, 5.74) is 6.83. The number of fused-ring (bicyclic) bond motifs is 1. The van der Waals surface area contributed by atoms with Gasteiger partial charge in [0, 0.05) is 6.20 Å². The van der Waals surface area contributed by atoms with Crippen LogP contribution in [0, 0.1) is 0 Å². The highest BCUT2D eigenvalue weighted by atomic mass is 16.3. The first kappa shape index (κ1) is 10.8. The van der Waals surface area contributed by atoms with Gasteiger partial charge in [-0.25, -0.2) is 4.52 Å². The van der Waals surface area contributed by atoms with Gasteiger partial charge >= 0.3 is 0 Å². The van der Waals surface area contributed by atoms with Gasteiger partial charge in [-0.3, -0.25) is 5.01 Å². The van der Waals surface area contributed by atoms with Crippen molar-refractivity contribution in [3.05, 3.63) is 24.4 Å². The fourth-order valence-corrected chi connectivity index (χ4v) is 1.80. The van der Waals surface area contributed by atoms with E-state index in [1.165, 1.54) is 0 Å². The monoisotopic (exact) mass is 224 g/mol. The van der Waals surface area contributed by atoms with Gasteiger partial charge in [-0.2, -0.15) is 4.79 Å². The molecule has 0 unspecified atom stereocenters. The van der Waals surface area contributed by atoms with Gasteiger partial charge in [0.1, 0.15) is 5.82 Å². The molecule has 88 valence electrons. The number of nitrogen functional groups attached to an aromatic ring is 1. The minimum absolute atomic E-state index is 0.0286. The van der Waals surface area contributed by atoms with E-state index in [2.05, 4.69) is 0 Å². The van der Waals surface area contributed by atoms with Gasteiger partial charge < -0.3 is 15.9 Å². The van der Waals surface area contributed by atoms with Crippen LogP contribution >= 0.6 is 0 Å². The number of rotatable bonds is 5. The molecule has 2 aromatic rings. The molecule has 0 amide bonds. The maximum absolute atomic E-state index is 8.98. The topological polar surface area (TPSA) is 79.1 Å². The van der Waals surface area contributed by atoms with Crippen LogP contribution in [0.25, 0.3) is 5.52 Å². The number of aromatic nitrogens is 2. The molecule has 0 radical (unpaired) electrons. The van der Waals surface area contributed by atoms with Gasteiger partial charge in [0.15, 0.2) is 0 Å². The quantitative estimate of drug-likeness (QED) is 0.624. The first-order valence-corrected chi connectivity index (χ1v) is 5.19. The minimum atomic E-state index is 0.0286. The Balaban J connectivity index is 2.38. The number of hydrogen-bond acceptors (Lipinski definition) is 4. The zero-order valence-electron chi connectivity index (χ0n) is 8.95. The average Bonchev–Trinajstić information content (AvgIpc) is 2.82. The molecule has 0 aliphatic carbocycles. The highest BCUT2D eigenvalue weighted by Gasteiger charge is 2.09. The molecule has 0 saturated heterocycles. The maximum atomic E-state index is 8.98. The molecule has 2 heterocycles. The molecule has 2 rings (SSSR count). The highest BCUT2D eigenvalue weighted by Crippen LogP contribution is 2.12. The van der Waals surface area contributed by atoms with Crippen LogP contribution in [0.4, 0.5) is 5.82 Å². The standard InChI is InChI=1S/C10H16N4O2/c11-10-2-1-9-3-4-13(14(9)10)12(5-7-15)6-8-16/h1-4,15-16H,5-8,11H2. The summed E-state index contributed by atoms with van der Waals surface area (Å²) in [5.74, 6) is 0.626. The molecule has 6 nitrogen and oxygen atoms in total. The molecule has 0 bridgehead atoms. The summed E-state index contributed by atoms with van der Waals surface area (Å²) in [7, 11) is 0. The predicted molar refractivity (Wildman–Crippen MR) is 61.9 cm³/mol. The lowest BCUT2D eigenvalue weighted by Gasteiger charge is -2.25. The third kappa shape index (κ3) is 1.72. The summed E-state index contributed by atoms with van der Waals surface area (Å²) in [6, 6.07) is 5.67. The Hall–Kier alpha value is -1.66. The van der Waals surface area contributed by atoms with Gasteiger partial charge in [-0.15, -0.1) is 0 Å². The Labute approximate surface area is 93.1 Å². The van der Waals surface area contributed by atoms with Gasteiger partial charge in [0.05, 0.1) is 31.8 Å². The van der Waals surface area contributed by atoms with Crippen molar-refractivity contribution in [2.45, 2.75) is 0 Å². The minimum Gasteiger partial charge on any atom is -0.394 e. The number of hydrogen-bond donors (Lipinski definition) is 3. The zero-order chi connectivity index (χ0) is 11.5. The first-order valence-electron chi connectivity index (χ1n) is 5.19. The van der Waals surface area contributed by atoms with Crippen LogP contribution in [0.3, 0.4) is 0 Å². The Morgan fingerprint density at radius 3 is 2.44 bits per heavy atom. The van der Waals surface area contributed by atoms with Crippen molar-refractivity contribution >= 4 is 11.3 Å². The van der Waals surface area contributed by atoms with E-state index in [0.717, 1.165) is 5.52 Å². The molecular weight excluding hydrogens is 208 g/mol. The lowest BCUT2D eigenvalue weighted by atomic mass is 10.5. The molecule has 16 heavy (non-hydrogen) atoms. The first-order chi connectivity index (χ1) is 7.77. The smallest absolute Gasteiger partial charge is 0.125 e. The summed E-state index contributed by atoms with van der Waals surface area (Å²) in [6.07, 6.45) is 1.86. The molecule has 4 N–H and O–H groups in total. The molecule has 0 aromatic carbocycles. The maximum Gasteiger partial charge on any atom is 0.125 e. The molecule has 0 aliphatic heterocycles. The molecule has 6 heteroatoms. The zero-order valence-corrected chi connectivity index (χ0v) is 8.95. The second kappa shape index (κ2) is 4.46. The van der Waals surface area contributed by atoms with Gasteiger partial charge in [0.2, 0.25) is 0 Å². The molecule has 2 aromatic heterocycles. The number of aliphatic hydroxyl groups is 2. The van der Waals surface area contributed by atoms with E-state index in [1.54, 1.807) is 4.79 Å². The van der Waals surface area contributed by atoms with E-state index in [0.29, 0.717) is 18.9 Å². The predicted octanol–water partition coefficient (Wildman–Crippen LogP) is -0.754. The van der Waals surface area contributed by atoms with Crippen LogP contribution in [0.2, 0.25) is 0 Å². The van der Waals surface area contributed by atoms with Crippen LogP contribution in [-0.4, -0.2) is 45.8 Å². The molecule has 0 fully saturated rings. The van der Waals surface area contributed by atoms with Crippen molar-refractivity contribution in [2.75, 3.05) is 37.0 Å². The molecule has 0 aliphatic rings. The lowest BCUT2D eigenvalue weighted by molar-refractivity contribution is 0.259. The van der Waals surface area contributed by atoms with Gasteiger partial charge in [-0.05, 0) is 18.2 Å². The van der Waals surface area contributed by atoms with Crippen LogP contribution in [-0.2, 0) is 0 Å². The summed E-state index contributed by atoms with van der Waals surface area (Å²) in [5, 5.41) is 19.8. The summed E-state index contributed by atoms with van der Waals surface area (Å²) in [6.45, 7) is 0.950. The lowest BCUT2D eigenvalue weighted by Crippen LogP contribution is -2.41. The Morgan fingerprint density at radius 2 is 1.81 bits per heavy atom. The van der Waals surface area contributed by atoms with E-state index >= 15 is 0 Å². The van der Waals surface area contributed by atoms with Crippen molar-refractivity contribution in [3.63, 3.8) is 0 Å². The summed E-state index contributed by atoms with van der Waals surface area (Å²) < 4.78 is 1.82. The van der Waals surface area contributed by atoms with Crippen LogP contribution in [0.5, 0.6) is 0 Å². The van der Waals surface area contributed by atoms with Crippen LogP contribution in [0.1, 0.15) is 0 Å². The summed E-state index contributed by atoms with van der Waals surface area (Å²) in [4.78, 5) is 1.80. The third-order valence-electron chi connectivity index (χ3n) is 2.50. The van der Waals surface area contributed by atoms with E-state index < -0.39 is 0 Å². The highest BCUT2D eigenvalue weighted by molar-refractivity contribution is 5.55. The number of nitrogens with zero attached hydrogens (tertiary/aromatic N) is 3. The van der Waals surface area contributed by atoms with Crippen molar-refractivity contribution < 1.29 is 10.2 Å². The Morgan fingerprint density at radius 1 is 1.12 bits per heavy atom. The van der Waals surface area contributed by atoms with E-state index in [-0.39, 0.29) is 13.2 Å². The average molecular weight is 224 g/mol. The number of aliphatic hydroxyl groups excluding tert-OH is 2. The SMILES string of the molecule is Nc1ccc2ccn(N(CCO)CCO)n12. The van der Waals surface area contributed by atoms with Crippen LogP contribution < -0.4 is 10.7 Å².